The highest BCUT2D eigenvalue weighted by atomic mass is 16.6. The molecule has 12 heavy (non-hydrogen) atoms. The number of likely N-dealkylation sites (N-methyl/N-ethyl adjacent to an activating group) is 1. The van der Waals surface area contributed by atoms with Crippen LogP contribution in [0, 0.1) is 0 Å². The number of ether oxygens (including phenoxy) is 1. The fourth-order valence-corrected chi connectivity index (χ4v) is 0.534. The summed E-state index contributed by atoms with van der Waals surface area (Å²) in [4.78, 5) is 12.4. The zero-order valence-electron chi connectivity index (χ0n) is 7.49. The van der Waals surface area contributed by atoms with Crippen LogP contribution in [0.5, 0.6) is 0 Å². The fourth-order valence-electron chi connectivity index (χ4n) is 0.534. The minimum atomic E-state index is -0.448. The molecule has 0 aromatic heterocycles. The molecule has 1 atom stereocenters. The summed E-state index contributed by atoms with van der Waals surface area (Å²) in [6, 6.07) is -0.220. The van der Waals surface area contributed by atoms with Gasteiger partial charge in [-0.2, -0.15) is 0 Å². The van der Waals surface area contributed by atoms with E-state index in [1.165, 1.54) is 11.0 Å². The molecule has 1 unspecified atom stereocenters. The monoisotopic (exact) mass is 173 g/mol. The SMILES string of the molecule is C=CCOC(=O)N(C)C(C)CO. The van der Waals surface area contributed by atoms with Gasteiger partial charge in [-0.05, 0) is 6.92 Å². The van der Waals surface area contributed by atoms with Gasteiger partial charge in [-0.3, -0.25) is 0 Å². The summed E-state index contributed by atoms with van der Waals surface area (Å²) in [6.45, 7) is 5.27. The van der Waals surface area contributed by atoms with Crippen molar-refractivity contribution >= 4 is 6.09 Å². The number of aliphatic hydroxyl groups is 1. The first-order chi connectivity index (χ1) is 5.63. The molecule has 1 amide bonds. The van der Waals surface area contributed by atoms with Crippen LogP contribution in [0.2, 0.25) is 0 Å². The number of rotatable bonds is 4. The number of hydrogen-bond acceptors (Lipinski definition) is 3. The number of nitrogens with zero attached hydrogens (tertiary/aromatic N) is 1. The van der Waals surface area contributed by atoms with Crippen molar-refractivity contribution in [1.29, 1.82) is 0 Å². The minimum Gasteiger partial charge on any atom is -0.445 e. The van der Waals surface area contributed by atoms with Crippen LogP contribution in [0.1, 0.15) is 6.92 Å². The summed E-state index contributed by atoms with van der Waals surface area (Å²) in [5, 5.41) is 8.71. The van der Waals surface area contributed by atoms with E-state index in [1.807, 2.05) is 0 Å². The van der Waals surface area contributed by atoms with Crippen molar-refractivity contribution < 1.29 is 14.6 Å². The van der Waals surface area contributed by atoms with Gasteiger partial charge in [-0.1, -0.05) is 12.7 Å². The lowest BCUT2D eigenvalue weighted by Crippen LogP contribution is -2.37. The molecule has 0 fully saturated rings. The van der Waals surface area contributed by atoms with Gasteiger partial charge in [0.1, 0.15) is 6.61 Å². The Hall–Kier alpha value is -1.03. The molecular weight excluding hydrogens is 158 g/mol. The van der Waals surface area contributed by atoms with Crippen LogP contribution in [0.3, 0.4) is 0 Å². The highest BCUT2D eigenvalue weighted by Gasteiger charge is 2.14. The second-order valence-corrected chi connectivity index (χ2v) is 2.51. The van der Waals surface area contributed by atoms with Crippen LogP contribution in [-0.2, 0) is 4.74 Å². The molecule has 0 spiro atoms. The lowest BCUT2D eigenvalue weighted by Gasteiger charge is -2.21. The average Bonchev–Trinajstić information content (AvgIpc) is 2.11. The molecule has 0 radical (unpaired) electrons. The molecule has 0 aromatic rings. The molecule has 4 heteroatoms. The zero-order chi connectivity index (χ0) is 9.56. The van der Waals surface area contributed by atoms with E-state index in [0.29, 0.717) is 0 Å². The summed E-state index contributed by atoms with van der Waals surface area (Å²) in [6.07, 6.45) is 1.05. The Morgan fingerprint density at radius 2 is 2.42 bits per heavy atom. The Balaban J connectivity index is 3.83. The second kappa shape index (κ2) is 5.60. The van der Waals surface area contributed by atoms with Gasteiger partial charge in [0, 0.05) is 7.05 Å². The largest absolute Gasteiger partial charge is 0.445 e. The predicted molar refractivity (Wildman–Crippen MR) is 45.9 cm³/mol. The van der Waals surface area contributed by atoms with Crippen LogP contribution in [-0.4, -0.2) is 42.4 Å². The van der Waals surface area contributed by atoms with Gasteiger partial charge in [0.2, 0.25) is 0 Å². The van der Waals surface area contributed by atoms with Gasteiger partial charge >= 0.3 is 6.09 Å². The molecule has 0 aliphatic carbocycles. The third-order valence-electron chi connectivity index (χ3n) is 1.54. The lowest BCUT2D eigenvalue weighted by atomic mass is 10.3. The van der Waals surface area contributed by atoms with Crippen LogP contribution in [0.25, 0.3) is 0 Å². The first-order valence-corrected chi connectivity index (χ1v) is 3.74. The molecule has 0 aliphatic heterocycles. The van der Waals surface area contributed by atoms with Crippen LogP contribution in [0.15, 0.2) is 12.7 Å². The topological polar surface area (TPSA) is 49.8 Å². The first kappa shape index (κ1) is 11.0. The van der Waals surface area contributed by atoms with E-state index in [-0.39, 0.29) is 19.3 Å². The highest BCUT2D eigenvalue weighted by Crippen LogP contribution is 1.97. The summed E-state index contributed by atoms with van der Waals surface area (Å²) < 4.78 is 4.73. The summed E-state index contributed by atoms with van der Waals surface area (Å²) >= 11 is 0. The zero-order valence-corrected chi connectivity index (χ0v) is 7.49. The van der Waals surface area contributed by atoms with Crippen molar-refractivity contribution in [2.24, 2.45) is 0 Å². The molecule has 0 bridgehead atoms. The molecule has 0 heterocycles. The van der Waals surface area contributed by atoms with Crippen LogP contribution < -0.4 is 0 Å². The van der Waals surface area contributed by atoms with Crippen molar-refractivity contribution in [2.45, 2.75) is 13.0 Å². The summed E-state index contributed by atoms with van der Waals surface area (Å²) in [5.41, 5.74) is 0. The third kappa shape index (κ3) is 3.39. The molecule has 0 saturated heterocycles. The maximum absolute atomic E-state index is 11.0. The summed E-state index contributed by atoms with van der Waals surface area (Å²) in [5.74, 6) is 0. The summed E-state index contributed by atoms with van der Waals surface area (Å²) in [7, 11) is 1.58. The Morgan fingerprint density at radius 3 is 2.83 bits per heavy atom. The first-order valence-electron chi connectivity index (χ1n) is 3.74. The number of aliphatic hydroxyl groups excluding tert-OH is 1. The van der Waals surface area contributed by atoms with Crippen molar-refractivity contribution in [3.05, 3.63) is 12.7 Å². The van der Waals surface area contributed by atoms with Gasteiger partial charge in [-0.15, -0.1) is 0 Å². The van der Waals surface area contributed by atoms with Gasteiger partial charge in [-0.25, -0.2) is 4.79 Å². The molecule has 0 aliphatic rings. The maximum Gasteiger partial charge on any atom is 0.410 e. The molecule has 1 N–H and O–H groups in total. The van der Waals surface area contributed by atoms with Gasteiger partial charge in [0.05, 0.1) is 12.6 Å². The van der Waals surface area contributed by atoms with E-state index in [2.05, 4.69) is 6.58 Å². The van der Waals surface area contributed by atoms with Crippen LogP contribution in [0.4, 0.5) is 4.79 Å². The van der Waals surface area contributed by atoms with Gasteiger partial charge in [0.15, 0.2) is 0 Å². The van der Waals surface area contributed by atoms with E-state index in [4.69, 9.17) is 9.84 Å². The molecule has 0 rings (SSSR count). The van der Waals surface area contributed by atoms with Gasteiger partial charge < -0.3 is 14.7 Å². The molecule has 0 saturated carbocycles. The fraction of sp³-hybridized carbons (Fsp3) is 0.625. The Kier molecular flexibility index (Phi) is 5.12. The minimum absolute atomic E-state index is 0.0698. The number of amides is 1. The molecule has 0 aromatic carbocycles. The average molecular weight is 173 g/mol. The Morgan fingerprint density at radius 1 is 1.83 bits per heavy atom. The number of hydrogen-bond donors (Lipinski definition) is 1. The van der Waals surface area contributed by atoms with E-state index in [0.717, 1.165) is 0 Å². The Labute approximate surface area is 72.4 Å². The quantitative estimate of drug-likeness (QED) is 0.634. The van der Waals surface area contributed by atoms with E-state index in [9.17, 15) is 4.79 Å². The molecule has 4 nitrogen and oxygen atoms in total. The third-order valence-corrected chi connectivity index (χ3v) is 1.54. The van der Waals surface area contributed by atoms with Crippen molar-refractivity contribution in [3.63, 3.8) is 0 Å². The lowest BCUT2D eigenvalue weighted by molar-refractivity contribution is 0.0933. The maximum atomic E-state index is 11.0. The van der Waals surface area contributed by atoms with E-state index < -0.39 is 6.09 Å². The highest BCUT2D eigenvalue weighted by molar-refractivity contribution is 5.67. The Bertz CT molecular complexity index is 158. The second-order valence-electron chi connectivity index (χ2n) is 2.51. The molecular formula is C8H15NO3. The smallest absolute Gasteiger partial charge is 0.410 e. The van der Waals surface area contributed by atoms with Crippen molar-refractivity contribution in [1.82, 2.24) is 4.90 Å². The number of carbonyl (C=O) groups excluding carboxylic acids is 1. The standard InChI is InChI=1S/C8H15NO3/c1-4-5-12-8(11)9(3)7(2)6-10/h4,7,10H,1,5-6H2,2-3H3. The predicted octanol–water partition coefficient (Wildman–Crippen LogP) is 0.622. The van der Waals surface area contributed by atoms with Crippen LogP contribution >= 0.6 is 0 Å². The van der Waals surface area contributed by atoms with Crippen molar-refractivity contribution in [2.75, 3.05) is 20.3 Å². The van der Waals surface area contributed by atoms with Gasteiger partial charge in [0.25, 0.3) is 0 Å². The van der Waals surface area contributed by atoms with E-state index >= 15 is 0 Å². The van der Waals surface area contributed by atoms with Crippen molar-refractivity contribution in [3.8, 4) is 0 Å². The molecule has 70 valence electrons. The number of carbonyl (C=O) groups is 1. The normalized spacial score (nSPS) is 11.9. The van der Waals surface area contributed by atoms with E-state index in [1.54, 1.807) is 14.0 Å².